The monoisotopic (exact) mass is 710 g/mol. The molecule has 4 rings (SSSR count). The summed E-state index contributed by atoms with van der Waals surface area (Å²) in [6.45, 7) is 5.55. The average molecular weight is 712 g/mol. The highest BCUT2D eigenvalue weighted by molar-refractivity contribution is 7.80. The van der Waals surface area contributed by atoms with Crippen LogP contribution < -0.4 is 31.9 Å². The Kier molecular flexibility index (Phi) is 20.4. The van der Waals surface area contributed by atoms with Gasteiger partial charge in [0.25, 0.3) is 0 Å². The van der Waals surface area contributed by atoms with Gasteiger partial charge in [-0.1, -0.05) is 121 Å². The van der Waals surface area contributed by atoms with E-state index in [9.17, 15) is 0 Å². The van der Waals surface area contributed by atoms with Crippen LogP contribution in [0, 0.1) is 0 Å². The summed E-state index contributed by atoms with van der Waals surface area (Å²) in [6.07, 6.45) is 3.10. The van der Waals surface area contributed by atoms with E-state index in [0.717, 1.165) is 58.5 Å². The van der Waals surface area contributed by atoms with Gasteiger partial charge in [0.05, 0.1) is 12.1 Å². The first-order valence-corrected chi connectivity index (χ1v) is 16.7. The Morgan fingerprint density at radius 1 is 0.404 bits per heavy atom. The molecule has 6 nitrogen and oxygen atoms in total. The van der Waals surface area contributed by atoms with Crippen molar-refractivity contribution in [2.24, 2.45) is 0 Å². The molecule has 0 radical (unpaired) electrons. The first-order chi connectivity index (χ1) is 22.2. The molecule has 252 valence electrons. The zero-order chi connectivity index (χ0) is 31.4. The van der Waals surface area contributed by atoms with Gasteiger partial charge in [0.15, 0.2) is 10.2 Å². The van der Waals surface area contributed by atoms with Crippen molar-refractivity contribution in [2.45, 2.75) is 31.3 Å². The van der Waals surface area contributed by atoms with Gasteiger partial charge in [-0.05, 0) is 92.1 Å². The molecular weight excluding hydrogens is 663 g/mol. The summed E-state index contributed by atoms with van der Waals surface area (Å²) in [5.74, 6) is 0. The van der Waals surface area contributed by atoms with Crippen molar-refractivity contribution in [1.82, 2.24) is 31.9 Å². The molecule has 0 aliphatic carbocycles. The number of hydrogen-bond donors (Lipinski definition) is 6. The Balaban J connectivity index is 0.00000384. The average Bonchev–Trinajstić information content (AvgIpc) is 3.09. The minimum atomic E-state index is 0. The molecule has 47 heavy (non-hydrogen) atoms. The van der Waals surface area contributed by atoms with Crippen molar-refractivity contribution in [3.05, 3.63) is 144 Å². The second-order valence-corrected chi connectivity index (χ2v) is 11.7. The van der Waals surface area contributed by atoms with Crippen molar-refractivity contribution < 1.29 is 0 Å². The Morgan fingerprint density at radius 2 is 0.660 bits per heavy atom. The van der Waals surface area contributed by atoms with Gasteiger partial charge in [0, 0.05) is 13.1 Å². The van der Waals surface area contributed by atoms with Crippen molar-refractivity contribution >= 4 is 59.5 Å². The largest absolute Gasteiger partial charge is 0.363 e. The number of nitrogens with one attached hydrogen (secondary N) is 6. The SMILES string of the molecule is Cl.Cl.S=C(NCCCNCCCNCCCNC(=S)NC(c1ccccc1)c1ccccc1)NC(c1ccccc1)c1ccccc1. The van der Waals surface area contributed by atoms with E-state index in [2.05, 4.69) is 129 Å². The van der Waals surface area contributed by atoms with Crippen LogP contribution in [-0.2, 0) is 0 Å². The van der Waals surface area contributed by atoms with Crippen LogP contribution >= 0.6 is 49.2 Å². The van der Waals surface area contributed by atoms with Crippen LogP contribution in [0.1, 0.15) is 53.6 Å². The van der Waals surface area contributed by atoms with Crippen LogP contribution in [0.3, 0.4) is 0 Å². The summed E-state index contributed by atoms with van der Waals surface area (Å²) in [7, 11) is 0. The maximum absolute atomic E-state index is 5.62. The fraction of sp³-hybridized carbons (Fsp3) is 0.297. The summed E-state index contributed by atoms with van der Waals surface area (Å²) in [5, 5.41) is 22.1. The van der Waals surface area contributed by atoms with Gasteiger partial charge >= 0.3 is 0 Å². The van der Waals surface area contributed by atoms with E-state index in [0.29, 0.717) is 10.2 Å². The molecule has 0 bridgehead atoms. The van der Waals surface area contributed by atoms with E-state index < -0.39 is 0 Å². The number of hydrogen-bond acceptors (Lipinski definition) is 4. The van der Waals surface area contributed by atoms with E-state index in [1.54, 1.807) is 0 Å². The number of benzene rings is 4. The third kappa shape index (κ3) is 15.0. The molecule has 10 heteroatoms. The van der Waals surface area contributed by atoms with Gasteiger partial charge in [-0.2, -0.15) is 0 Å². The number of thiocarbonyl (C=S) groups is 2. The maximum Gasteiger partial charge on any atom is 0.167 e. The lowest BCUT2D eigenvalue weighted by Crippen LogP contribution is -2.39. The van der Waals surface area contributed by atoms with E-state index in [1.807, 2.05) is 24.3 Å². The van der Waals surface area contributed by atoms with Crippen molar-refractivity contribution in [2.75, 3.05) is 39.3 Å². The van der Waals surface area contributed by atoms with Gasteiger partial charge < -0.3 is 31.9 Å². The first-order valence-electron chi connectivity index (χ1n) is 15.9. The second-order valence-electron chi connectivity index (χ2n) is 10.9. The van der Waals surface area contributed by atoms with E-state index >= 15 is 0 Å². The molecule has 4 aromatic rings. The van der Waals surface area contributed by atoms with Crippen molar-refractivity contribution in [1.29, 1.82) is 0 Å². The Labute approximate surface area is 304 Å². The zero-order valence-electron chi connectivity index (χ0n) is 26.7. The van der Waals surface area contributed by atoms with E-state index in [1.165, 1.54) is 22.3 Å². The predicted octanol–water partition coefficient (Wildman–Crippen LogP) is 6.69. The molecule has 0 unspecified atom stereocenters. The highest BCUT2D eigenvalue weighted by atomic mass is 35.5. The minimum Gasteiger partial charge on any atom is -0.363 e. The Bertz CT molecular complexity index is 1200. The second kappa shape index (κ2) is 24.0. The van der Waals surface area contributed by atoms with Gasteiger partial charge in [-0.25, -0.2) is 0 Å². The standard InChI is InChI=1S/C37H46N6S2.2ClH/c44-36(42-34(30-16-5-1-6-17-30)31-18-7-2-8-19-31)40-28-14-26-38-24-13-25-39-27-15-29-41-37(45)43-35(32-20-9-3-10-21-32)33-22-11-4-12-23-33;;/h1-12,16-23,34-35,38-39H,13-15,24-29H2,(H2,40,42,44)(H2,41,43,45);2*1H. The first kappa shape index (κ1) is 39.9. The summed E-state index contributed by atoms with van der Waals surface area (Å²) in [5.41, 5.74) is 4.76. The van der Waals surface area contributed by atoms with E-state index in [-0.39, 0.29) is 36.9 Å². The Morgan fingerprint density at radius 3 is 0.936 bits per heavy atom. The lowest BCUT2D eigenvalue weighted by molar-refractivity contribution is 0.570. The third-order valence-corrected chi connectivity index (χ3v) is 7.95. The van der Waals surface area contributed by atoms with E-state index in [4.69, 9.17) is 24.4 Å². The smallest absolute Gasteiger partial charge is 0.167 e. The highest BCUT2D eigenvalue weighted by Crippen LogP contribution is 2.22. The molecule has 0 saturated carbocycles. The van der Waals surface area contributed by atoms with Crippen LogP contribution in [0.25, 0.3) is 0 Å². The maximum atomic E-state index is 5.62. The molecule has 0 heterocycles. The van der Waals surface area contributed by atoms with Gasteiger partial charge in [0.1, 0.15) is 0 Å². The lowest BCUT2D eigenvalue weighted by Gasteiger charge is -2.22. The van der Waals surface area contributed by atoms with Crippen molar-refractivity contribution in [3.63, 3.8) is 0 Å². The molecule has 6 N–H and O–H groups in total. The Hall–Kier alpha value is -3.24. The molecule has 0 aliphatic heterocycles. The normalized spacial score (nSPS) is 10.4. The van der Waals surface area contributed by atoms with Gasteiger partial charge in [0.2, 0.25) is 0 Å². The quantitative estimate of drug-likeness (QED) is 0.0505. The molecule has 0 fully saturated rings. The summed E-state index contributed by atoms with van der Waals surface area (Å²) in [4.78, 5) is 0. The molecule has 4 aromatic carbocycles. The van der Waals surface area contributed by atoms with Crippen molar-refractivity contribution in [3.8, 4) is 0 Å². The van der Waals surface area contributed by atoms with Crippen LogP contribution in [0.4, 0.5) is 0 Å². The highest BCUT2D eigenvalue weighted by Gasteiger charge is 2.15. The molecule has 0 aromatic heterocycles. The molecule has 0 atom stereocenters. The van der Waals surface area contributed by atoms with Crippen LogP contribution in [-0.4, -0.2) is 49.5 Å². The summed E-state index contributed by atoms with van der Waals surface area (Å²) < 4.78 is 0. The fourth-order valence-electron chi connectivity index (χ4n) is 5.08. The zero-order valence-corrected chi connectivity index (χ0v) is 30.0. The fourth-order valence-corrected chi connectivity index (χ4v) is 5.52. The number of rotatable bonds is 18. The molecule has 0 amide bonds. The van der Waals surface area contributed by atoms with Crippen LogP contribution in [0.2, 0.25) is 0 Å². The van der Waals surface area contributed by atoms with Gasteiger partial charge in [-0.3, -0.25) is 0 Å². The van der Waals surface area contributed by atoms with Gasteiger partial charge in [-0.15, -0.1) is 24.8 Å². The van der Waals surface area contributed by atoms with Crippen LogP contribution in [0.15, 0.2) is 121 Å². The third-order valence-electron chi connectivity index (χ3n) is 7.42. The van der Waals surface area contributed by atoms with Crippen LogP contribution in [0.5, 0.6) is 0 Å². The summed E-state index contributed by atoms with van der Waals surface area (Å²) in [6, 6.07) is 41.7. The molecular formula is C37H48Cl2N6S2. The predicted molar refractivity (Wildman–Crippen MR) is 211 cm³/mol. The molecule has 0 spiro atoms. The molecule has 0 saturated heterocycles. The topological polar surface area (TPSA) is 72.2 Å². The minimum absolute atomic E-state index is 0. The molecule has 0 aliphatic rings. The summed E-state index contributed by atoms with van der Waals surface area (Å²) >= 11 is 11.2. The number of halogens is 2. The lowest BCUT2D eigenvalue weighted by atomic mass is 9.99.